The first kappa shape index (κ1) is 62.6. The quantitative estimate of drug-likeness (QED) is 0.0201. The maximum absolute atomic E-state index is 14.3. The molecule has 2 saturated heterocycles. The molecule has 3 heterocycles. The van der Waals surface area contributed by atoms with Crippen LogP contribution in [-0.2, 0) is 41.8 Å². The number of nitrogens with zero attached hydrogens (tertiary/aromatic N) is 1. The average Bonchev–Trinajstić information content (AvgIpc) is 4.13. The standard InChI is InChI=1S/C55H104N2O10Si3/c1-18-47(66-69(23-6,24-7)25-8)44(14)52-48(61-52)41-54(16,67-70(26-9,27-10)28-11)34-29-30-42(12)51-43(13)31-32-49(62-53(59)57-38-36-56-37-39-57)55(17,64-45(15)60-19-2)35-33-46(40-50(58)63-51)65-68(20-3,21-4)22-5/h29-32,34,43-49,51-52,56H,18-28,33,35-41H2,1-17H3/b32-31+,34-29+,42-30+/t43-,44?,45?,46+,47?,48-,49-,51+,52-,54?,55+/m0/s1. The van der Waals surface area contributed by atoms with E-state index in [1.165, 1.54) is 0 Å². The number of allylic oxidation sites excluding steroid dienone is 2. The molecule has 15 heteroatoms. The van der Waals surface area contributed by atoms with Crippen molar-refractivity contribution in [1.82, 2.24) is 10.2 Å². The molecule has 0 aromatic rings. The minimum absolute atomic E-state index is 0.0768. The molecule has 1 N–H and O–H groups in total. The maximum atomic E-state index is 14.3. The molecule has 0 aromatic heterocycles. The molecule has 2 fully saturated rings. The number of rotatable bonds is 28. The Morgan fingerprint density at radius 2 is 1.49 bits per heavy atom. The largest absolute Gasteiger partial charge is 0.457 e. The molecule has 3 rings (SSSR count). The van der Waals surface area contributed by atoms with Gasteiger partial charge in [-0.2, -0.15) is 0 Å². The number of hydrogen-bond donors (Lipinski definition) is 1. The number of carbonyl (C=O) groups is 2. The van der Waals surface area contributed by atoms with E-state index >= 15 is 0 Å². The number of ether oxygens (including phenoxy) is 5. The second-order valence-electron chi connectivity index (χ2n) is 21.3. The van der Waals surface area contributed by atoms with E-state index in [9.17, 15) is 9.59 Å². The van der Waals surface area contributed by atoms with Crippen LogP contribution in [0.25, 0.3) is 0 Å². The van der Waals surface area contributed by atoms with Crippen LogP contribution in [0.4, 0.5) is 4.79 Å². The lowest BCUT2D eigenvalue weighted by Crippen LogP contribution is -2.52. The number of carbonyl (C=O) groups excluding carboxylic acids is 2. The minimum Gasteiger partial charge on any atom is -0.457 e. The van der Waals surface area contributed by atoms with Gasteiger partial charge in [0.1, 0.15) is 11.7 Å². The molecule has 12 nitrogen and oxygen atoms in total. The Morgan fingerprint density at radius 3 is 2.03 bits per heavy atom. The second-order valence-corrected chi connectivity index (χ2v) is 35.5. The van der Waals surface area contributed by atoms with Crippen LogP contribution in [0, 0.1) is 11.8 Å². The Bertz CT molecular complexity index is 1620. The lowest BCUT2D eigenvalue weighted by Gasteiger charge is -2.41. The van der Waals surface area contributed by atoms with Crippen LogP contribution in [0.15, 0.2) is 36.0 Å². The number of nitrogens with one attached hydrogen (secondary N) is 1. The normalized spacial score (nSPS) is 28.3. The summed E-state index contributed by atoms with van der Waals surface area (Å²) in [6.07, 6.45) is 10.9. The van der Waals surface area contributed by atoms with Crippen LogP contribution in [0.5, 0.6) is 0 Å². The number of hydrogen-bond acceptors (Lipinski definition) is 11. The number of piperazine rings is 1. The molecule has 406 valence electrons. The van der Waals surface area contributed by atoms with Gasteiger partial charge in [0.05, 0.1) is 30.3 Å². The Labute approximate surface area is 430 Å². The van der Waals surface area contributed by atoms with E-state index < -0.39 is 60.8 Å². The van der Waals surface area contributed by atoms with Gasteiger partial charge in [0.15, 0.2) is 37.3 Å². The lowest BCUT2D eigenvalue weighted by molar-refractivity contribution is -0.222. The molecule has 0 aromatic carbocycles. The van der Waals surface area contributed by atoms with E-state index in [4.69, 9.17) is 37.0 Å². The molecule has 3 aliphatic heterocycles. The van der Waals surface area contributed by atoms with Gasteiger partial charge in [-0.3, -0.25) is 4.79 Å². The van der Waals surface area contributed by atoms with Gasteiger partial charge < -0.3 is 47.2 Å². The molecule has 3 aliphatic rings. The molecular weight excluding hydrogens is 933 g/mol. The van der Waals surface area contributed by atoms with Gasteiger partial charge in [0.25, 0.3) is 0 Å². The number of esters is 1. The predicted octanol–water partition coefficient (Wildman–Crippen LogP) is 13.1. The zero-order valence-electron chi connectivity index (χ0n) is 47.5. The zero-order chi connectivity index (χ0) is 52.3. The average molecular weight is 1040 g/mol. The second kappa shape index (κ2) is 29.4. The van der Waals surface area contributed by atoms with Crippen LogP contribution in [0.1, 0.15) is 150 Å². The highest BCUT2D eigenvalue weighted by atomic mass is 28.4. The van der Waals surface area contributed by atoms with Crippen molar-refractivity contribution in [3.63, 3.8) is 0 Å². The molecule has 0 bridgehead atoms. The van der Waals surface area contributed by atoms with Gasteiger partial charge in [-0.05, 0) is 120 Å². The van der Waals surface area contributed by atoms with Gasteiger partial charge in [-0.25, -0.2) is 4.79 Å². The summed E-state index contributed by atoms with van der Waals surface area (Å²) in [5.41, 5.74) is -0.678. The van der Waals surface area contributed by atoms with Crippen molar-refractivity contribution in [2.45, 2.75) is 258 Å². The summed E-state index contributed by atoms with van der Waals surface area (Å²) < 4.78 is 53.9. The van der Waals surface area contributed by atoms with Gasteiger partial charge in [0.2, 0.25) is 0 Å². The SMILES string of the molecule is CCOC(C)O[C@]1(C)CC[C@@H](O[Si](CC)(CC)CC)CC(=O)O[C@H](/C(C)=C/C=C/C(C)(C[C@@H]2O[C@H]2C(C)C(CC)O[Si](CC)(CC)CC)O[Si](CC)(CC)CC)[C@@H](C)/C=C/[C@@H]1OC(=O)N1CCNCC1. The molecule has 1 amide bonds. The molecular formula is C55H104N2O10Si3. The van der Waals surface area contributed by atoms with Crippen LogP contribution >= 0.6 is 0 Å². The summed E-state index contributed by atoms with van der Waals surface area (Å²) in [5.74, 6) is -0.291. The van der Waals surface area contributed by atoms with Gasteiger partial charge in [0, 0.05) is 57.1 Å². The summed E-state index contributed by atoms with van der Waals surface area (Å²) in [4.78, 5) is 30.0. The maximum Gasteiger partial charge on any atom is 0.410 e. The summed E-state index contributed by atoms with van der Waals surface area (Å²) in [7, 11) is -6.01. The van der Waals surface area contributed by atoms with E-state index in [2.05, 4.69) is 114 Å². The van der Waals surface area contributed by atoms with Crippen molar-refractivity contribution >= 4 is 37.0 Å². The third-order valence-electron chi connectivity index (χ3n) is 16.8. The topological polar surface area (TPSA) is 127 Å². The first-order chi connectivity index (χ1) is 33.2. The molecule has 70 heavy (non-hydrogen) atoms. The third kappa shape index (κ3) is 17.7. The minimum atomic E-state index is -2.16. The van der Waals surface area contributed by atoms with Gasteiger partial charge in [-0.15, -0.1) is 0 Å². The lowest BCUT2D eigenvalue weighted by atomic mass is 9.88. The Hall–Kier alpha value is -1.67. The highest BCUT2D eigenvalue weighted by Gasteiger charge is 2.51. The molecule has 11 atom stereocenters. The fourth-order valence-electron chi connectivity index (χ4n) is 11.1. The summed E-state index contributed by atoms with van der Waals surface area (Å²) in [5, 5.41) is 3.33. The number of epoxide rings is 1. The fourth-order valence-corrected chi connectivity index (χ4v) is 20.1. The molecule has 0 saturated carbocycles. The summed E-state index contributed by atoms with van der Waals surface area (Å²) >= 11 is 0. The van der Waals surface area contributed by atoms with Crippen LogP contribution in [-0.4, -0.2) is 129 Å². The summed E-state index contributed by atoms with van der Waals surface area (Å²) in [6, 6.07) is 9.37. The van der Waals surface area contributed by atoms with Crippen molar-refractivity contribution in [2.75, 3.05) is 32.8 Å². The molecule has 4 unspecified atom stereocenters. The number of amides is 1. The van der Waals surface area contributed by atoms with Gasteiger partial charge in [-0.1, -0.05) is 107 Å². The smallest absolute Gasteiger partial charge is 0.410 e. The Morgan fingerprint density at radius 1 is 0.900 bits per heavy atom. The van der Waals surface area contributed by atoms with E-state index in [1.807, 2.05) is 39.8 Å². The highest BCUT2D eigenvalue weighted by molar-refractivity contribution is 6.74. The first-order valence-electron chi connectivity index (χ1n) is 28.1. The third-order valence-corrected chi connectivity index (χ3v) is 30.9. The molecule has 0 spiro atoms. The van der Waals surface area contributed by atoms with Crippen LogP contribution in [0.3, 0.4) is 0 Å². The molecule has 0 aliphatic carbocycles. The zero-order valence-corrected chi connectivity index (χ0v) is 50.5. The number of cyclic esters (lactones) is 1. The van der Waals surface area contributed by atoms with Crippen LogP contribution < -0.4 is 5.32 Å². The summed E-state index contributed by atoms with van der Waals surface area (Å²) in [6.45, 7) is 40.1. The highest BCUT2D eigenvalue weighted by Crippen LogP contribution is 2.43. The van der Waals surface area contributed by atoms with E-state index in [-0.39, 0.29) is 48.6 Å². The van der Waals surface area contributed by atoms with Crippen molar-refractivity contribution < 1.29 is 46.6 Å². The van der Waals surface area contributed by atoms with E-state index in [0.29, 0.717) is 45.6 Å². The monoisotopic (exact) mass is 1040 g/mol. The van der Waals surface area contributed by atoms with Gasteiger partial charge >= 0.3 is 12.1 Å². The van der Waals surface area contributed by atoms with Crippen molar-refractivity contribution in [2.24, 2.45) is 11.8 Å². The molecule has 0 radical (unpaired) electrons. The van der Waals surface area contributed by atoms with E-state index in [1.54, 1.807) is 4.90 Å². The first-order valence-corrected chi connectivity index (χ1v) is 35.7. The predicted molar refractivity (Wildman–Crippen MR) is 294 cm³/mol. The van der Waals surface area contributed by atoms with E-state index in [0.717, 1.165) is 72.8 Å². The Kier molecular flexibility index (Phi) is 26.3. The Balaban J connectivity index is 2.09. The van der Waals surface area contributed by atoms with Crippen molar-refractivity contribution in [3.8, 4) is 0 Å². The van der Waals surface area contributed by atoms with Crippen molar-refractivity contribution in [1.29, 1.82) is 0 Å². The fraction of sp³-hybridized carbons (Fsp3) is 0.855. The van der Waals surface area contributed by atoms with Crippen LogP contribution in [0.2, 0.25) is 54.4 Å². The van der Waals surface area contributed by atoms with Crippen molar-refractivity contribution in [3.05, 3.63) is 36.0 Å².